The van der Waals surface area contributed by atoms with Gasteiger partial charge in [0, 0.05) is 18.4 Å². The Bertz CT molecular complexity index is 1480. The fourth-order valence-corrected chi connectivity index (χ4v) is 12.3. The maximum atomic E-state index is 11.5. The first-order valence-corrected chi connectivity index (χ1v) is 21.5. The van der Waals surface area contributed by atoms with Gasteiger partial charge < -0.3 is 28.8 Å². The SMILES string of the molecule is C=CC[C@H]1CCC[C@@H](C(C)(C)[C@@H](O)C[C@@H](O)C[C@@H](/C=C\[C@@H](CC)CO[Si](c2ccccc2)(c2ccccc2)C(C)(C)C)OCc2ccc(OC)cc2)O1. The molecule has 1 saturated heterocycles. The Morgan fingerprint density at radius 1 is 0.868 bits per heavy atom. The van der Waals surface area contributed by atoms with Gasteiger partial charge in [-0.2, -0.15) is 0 Å². The summed E-state index contributed by atoms with van der Waals surface area (Å²) >= 11 is 0. The zero-order chi connectivity index (χ0) is 38.5. The van der Waals surface area contributed by atoms with Crippen LogP contribution in [0.1, 0.15) is 92.1 Å². The van der Waals surface area contributed by atoms with E-state index in [0.29, 0.717) is 19.6 Å². The van der Waals surface area contributed by atoms with Gasteiger partial charge in [0.1, 0.15) is 5.75 Å². The van der Waals surface area contributed by atoms with Crippen molar-refractivity contribution < 1.29 is 28.8 Å². The Hall–Kier alpha value is -3.04. The molecule has 0 aliphatic carbocycles. The largest absolute Gasteiger partial charge is 0.497 e. The topological polar surface area (TPSA) is 77.4 Å². The third-order valence-electron chi connectivity index (χ3n) is 11.1. The number of rotatable bonds is 20. The lowest BCUT2D eigenvalue weighted by Gasteiger charge is -2.43. The third kappa shape index (κ3) is 11.5. The molecule has 3 aromatic carbocycles. The van der Waals surface area contributed by atoms with Crippen molar-refractivity contribution in [1.29, 1.82) is 0 Å². The first-order chi connectivity index (χ1) is 25.3. The van der Waals surface area contributed by atoms with E-state index in [1.807, 2.05) is 30.3 Å². The summed E-state index contributed by atoms with van der Waals surface area (Å²) in [5.41, 5.74) is 0.507. The molecule has 3 aromatic rings. The van der Waals surface area contributed by atoms with E-state index in [-0.39, 0.29) is 35.7 Å². The van der Waals surface area contributed by atoms with Gasteiger partial charge in [-0.1, -0.05) is 133 Å². The van der Waals surface area contributed by atoms with E-state index in [9.17, 15) is 10.2 Å². The standard InChI is InChI=1S/C46H66O6Si/c1-9-18-39-19-17-24-44(52-39)46(6,7)43(48)32-37(47)31-40(50-33-36-26-28-38(49-8)29-27-36)30-25-35(10-2)34-51-53(45(3,4)5,41-20-13-11-14-21-41)42-22-15-12-16-23-42/h9,11-16,20-23,25-30,35,37,39-40,43-44,47-48H,1,10,17-19,24,31-34H2,2-8H3/b30-25-/t35-,37+,39+,40-,43+,44+/m1/s1. The van der Waals surface area contributed by atoms with Crippen molar-refractivity contribution in [3.63, 3.8) is 0 Å². The quantitative estimate of drug-likeness (QED) is 0.0891. The van der Waals surface area contributed by atoms with Gasteiger partial charge in [0.25, 0.3) is 8.32 Å². The van der Waals surface area contributed by atoms with Crippen LogP contribution < -0.4 is 15.1 Å². The molecule has 1 heterocycles. The van der Waals surface area contributed by atoms with Crippen molar-refractivity contribution in [2.24, 2.45) is 11.3 Å². The molecule has 0 unspecified atom stereocenters. The summed E-state index contributed by atoms with van der Waals surface area (Å²) in [6.07, 6.45) is 9.67. The summed E-state index contributed by atoms with van der Waals surface area (Å²) in [7, 11) is -1.04. The van der Waals surface area contributed by atoms with Crippen LogP contribution in [0, 0.1) is 11.3 Å². The normalized spacial score (nSPS) is 19.4. The van der Waals surface area contributed by atoms with Crippen LogP contribution in [0.4, 0.5) is 0 Å². The number of aliphatic hydroxyl groups is 2. The molecule has 0 spiro atoms. The first kappa shape index (κ1) is 42.7. The number of hydrogen-bond donors (Lipinski definition) is 2. The van der Waals surface area contributed by atoms with E-state index in [2.05, 4.69) is 121 Å². The Kier molecular flexibility index (Phi) is 16.1. The van der Waals surface area contributed by atoms with Gasteiger partial charge in [0.2, 0.25) is 0 Å². The molecule has 53 heavy (non-hydrogen) atoms. The van der Waals surface area contributed by atoms with Crippen LogP contribution in [-0.4, -0.2) is 62.8 Å². The van der Waals surface area contributed by atoms with Gasteiger partial charge in [-0.3, -0.25) is 0 Å². The lowest BCUT2D eigenvalue weighted by molar-refractivity contribution is -0.143. The maximum Gasteiger partial charge on any atom is 0.261 e. The van der Waals surface area contributed by atoms with Crippen molar-refractivity contribution in [3.05, 3.63) is 115 Å². The summed E-state index contributed by atoms with van der Waals surface area (Å²) in [5, 5.41) is 25.4. The smallest absolute Gasteiger partial charge is 0.261 e. The second-order valence-electron chi connectivity index (χ2n) is 16.4. The van der Waals surface area contributed by atoms with Gasteiger partial charge in [-0.25, -0.2) is 0 Å². The second kappa shape index (κ2) is 20.0. The zero-order valence-corrected chi connectivity index (χ0v) is 34.4. The fourth-order valence-electron chi connectivity index (χ4n) is 7.66. The molecule has 0 aromatic heterocycles. The van der Waals surface area contributed by atoms with Crippen molar-refractivity contribution >= 4 is 18.7 Å². The molecular formula is C46H66O6Si. The number of aliphatic hydroxyl groups excluding tert-OH is 2. The number of methoxy groups -OCH3 is 1. The lowest BCUT2D eigenvalue weighted by atomic mass is 9.75. The highest BCUT2D eigenvalue weighted by Crippen LogP contribution is 2.39. The van der Waals surface area contributed by atoms with Crippen molar-refractivity contribution in [2.75, 3.05) is 13.7 Å². The second-order valence-corrected chi connectivity index (χ2v) is 20.7. The van der Waals surface area contributed by atoms with Gasteiger partial charge in [0.05, 0.1) is 44.2 Å². The minimum atomic E-state index is -2.70. The predicted molar refractivity (Wildman–Crippen MR) is 220 cm³/mol. The summed E-state index contributed by atoms with van der Waals surface area (Å²) in [6, 6.07) is 29.3. The van der Waals surface area contributed by atoms with Crippen LogP contribution in [0.15, 0.2) is 110 Å². The average Bonchev–Trinajstić information content (AvgIpc) is 3.15. The Labute approximate surface area is 321 Å². The lowest BCUT2D eigenvalue weighted by Crippen LogP contribution is -2.66. The number of benzene rings is 3. The molecule has 0 bridgehead atoms. The predicted octanol–water partition coefficient (Wildman–Crippen LogP) is 8.78. The molecule has 6 nitrogen and oxygen atoms in total. The van der Waals surface area contributed by atoms with Crippen LogP contribution in [-0.2, 0) is 20.5 Å². The summed E-state index contributed by atoms with van der Waals surface area (Å²) in [4.78, 5) is 0. The van der Waals surface area contributed by atoms with Gasteiger partial charge in [-0.05, 0) is 77.6 Å². The summed E-state index contributed by atoms with van der Waals surface area (Å²) in [6.45, 7) is 18.0. The highest BCUT2D eigenvalue weighted by Gasteiger charge is 2.50. The van der Waals surface area contributed by atoms with Crippen molar-refractivity contribution in [2.45, 2.75) is 129 Å². The van der Waals surface area contributed by atoms with Crippen molar-refractivity contribution in [3.8, 4) is 5.75 Å². The van der Waals surface area contributed by atoms with Crippen LogP contribution in [0.3, 0.4) is 0 Å². The zero-order valence-electron chi connectivity index (χ0n) is 33.4. The molecular weight excluding hydrogens is 677 g/mol. The Balaban J connectivity index is 1.52. The van der Waals surface area contributed by atoms with E-state index in [1.165, 1.54) is 10.4 Å². The van der Waals surface area contributed by atoms with E-state index in [1.54, 1.807) is 7.11 Å². The van der Waals surface area contributed by atoms with Gasteiger partial charge in [-0.15, -0.1) is 6.58 Å². The Morgan fingerprint density at radius 3 is 2.04 bits per heavy atom. The van der Waals surface area contributed by atoms with Crippen molar-refractivity contribution in [1.82, 2.24) is 0 Å². The van der Waals surface area contributed by atoms with Gasteiger partial charge >= 0.3 is 0 Å². The first-order valence-electron chi connectivity index (χ1n) is 19.6. The van der Waals surface area contributed by atoms with Gasteiger partial charge in [0.15, 0.2) is 0 Å². The molecule has 0 saturated carbocycles. The molecule has 1 fully saturated rings. The van der Waals surface area contributed by atoms with Crippen LogP contribution in [0.25, 0.3) is 0 Å². The number of hydrogen-bond acceptors (Lipinski definition) is 6. The molecule has 0 amide bonds. The van der Waals surface area contributed by atoms with Crippen LogP contribution >= 0.6 is 0 Å². The highest BCUT2D eigenvalue weighted by molar-refractivity contribution is 6.99. The minimum absolute atomic E-state index is 0.0775. The maximum absolute atomic E-state index is 11.5. The fraction of sp³-hybridized carbons (Fsp3) is 0.522. The average molecular weight is 743 g/mol. The highest BCUT2D eigenvalue weighted by atomic mass is 28.4. The number of ether oxygens (including phenoxy) is 3. The van der Waals surface area contributed by atoms with Crippen LogP contribution in [0.5, 0.6) is 5.75 Å². The molecule has 0 radical (unpaired) electrons. The molecule has 1 aliphatic heterocycles. The monoisotopic (exact) mass is 742 g/mol. The van der Waals surface area contributed by atoms with Crippen LogP contribution in [0.2, 0.25) is 5.04 Å². The van der Waals surface area contributed by atoms with E-state index in [4.69, 9.17) is 18.6 Å². The van der Waals surface area contributed by atoms with E-state index >= 15 is 0 Å². The molecule has 290 valence electrons. The molecule has 7 heteroatoms. The minimum Gasteiger partial charge on any atom is -0.497 e. The molecule has 4 rings (SSSR count). The van der Waals surface area contributed by atoms with E-state index < -0.39 is 25.9 Å². The third-order valence-corrected chi connectivity index (χ3v) is 16.1. The summed E-state index contributed by atoms with van der Waals surface area (Å²) < 4.78 is 25.5. The van der Waals surface area contributed by atoms with E-state index in [0.717, 1.165) is 43.4 Å². The molecule has 1 aliphatic rings. The summed E-state index contributed by atoms with van der Waals surface area (Å²) in [5.74, 6) is 0.930. The Morgan fingerprint density at radius 2 is 1.49 bits per heavy atom. The molecule has 2 N–H and O–H groups in total. The molecule has 6 atom stereocenters.